The van der Waals surface area contributed by atoms with Crippen LogP contribution in [0.5, 0.6) is 5.75 Å². The highest BCUT2D eigenvalue weighted by Gasteiger charge is 2.24. The van der Waals surface area contributed by atoms with Crippen LogP contribution in [0.25, 0.3) is 0 Å². The lowest BCUT2D eigenvalue weighted by Crippen LogP contribution is -2.45. The number of hydrogen-bond donors (Lipinski definition) is 0. The van der Waals surface area contributed by atoms with Crippen LogP contribution in [-0.2, 0) is 9.59 Å². The lowest BCUT2D eigenvalue weighted by Gasteiger charge is -2.32. The fourth-order valence-electron chi connectivity index (χ4n) is 2.70. The van der Waals surface area contributed by atoms with Crippen molar-refractivity contribution >= 4 is 29.1 Å². The summed E-state index contributed by atoms with van der Waals surface area (Å²) in [5.41, 5.74) is 0.599. The fourth-order valence-corrected chi connectivity index (χ4v) is 2.95. The molecule has 0 unspecified atom stereocenters. The predicted molar refractivity (Wildman–Crippen MR) is 91.0 cm³/mol. The van der Waals surface area contributed by atoms with Gasteiger partial charge < -0.3 is 14.5 Å². The SMILES string of the molecule is COc1ccc(N(CC(=O)N2CCC(C)CC2)C(C)=O)cc1Cl. The van der Waals surface area contributed by atoms with Crippen LogP contribution < -0.4 is 9.64 Å². The van der Waals surface area contributed by atoms with Gasteiger partial charge in [0.25, 0.3) is 0 Å². The molecule has 0 N–H and O–H groups in total. The maximum atomic E-state index is 12.5. The Kier molecular flexibility index (Phi) is 5.88. The summed E-state index contributed by atoms with van der Waals surface area (Å²) in [5, 5.41) is 0.412. The van der Waals surface area contributed by atoms with Crippen LogP contribution in [0, 0.1) is 5.92 Å². The van der Waals surface area contributed by atoms with Gasteiger partial charge in [-0.3, -0.25) is 9.59 Å². The molecule has 0 aliphatic carbocycles. The zero-order chi connectivity index (χ0) is 17.0. The molecule has 6 heteroatoms. The Balaban J connectivity index is 2.11. The van der Waals surface area contributed by atoms with E-state index in [1.807, 2.05) is 4.90 Å². The third-order valence-electron chi connectivity index (χ3n) is 4.26. The van der Waals surface area contributed by atoms with E-state index >= 15 is 0 Å². The Bertz CT molecular complexity index is 583. The molecule has 1 saturated heterocycles. The van der Waals surface area contributed by atoms with E-state index in [1.165, 1.54) is 18.9 Å². The van der Waals surface area contributed by atoms with Crippen molar-refractivity contribution in [1.29, 1.82) is 0 Å². The van der Waals surface area contributed by atoms with E-state index < -0.39 is 0 Å². The Morgan fingerprint density at radius 1 is 1.35 bits per heavy atom. The maximum absolute atomic E-state index is 12.5. The number of anilines is 1. The van der Waals surface area contributed by atoms with Gasteiger partial charge in [0.05, 0.1) is 12.1 Å². The Hall–Kier alpha value is -1.75. The summed E-state index contributed by atoms with van der Waals surface area (Å²) in [6, 6.07) is 5.08. The highest BCUT2D eigenvalue weighted by molar-refractivity contribution is 6.32. The molecule has 2 rings (SSSR count). The Morgan fingerprint density at radius 3 is 2.52 bits per heavy atom. The minimum absolute atomic E-state index is 0.0287. The molecule has 23 heavy (non-hydrogen) atoms. The van der Waals surface area contributed by atoms with Crippen LogP contribution in [0.2, 0.25) is 5.02 Å². The van der Waals surface area contributed by atoms with Crippen molar-refractivity contribution in [2.45, 2.75) is 26.7 Å². The normalized spacial score (nSPS) is 15.4. The smallest absolute Gasteiger partial charge is 0.242 e. The third kappa shape index (κ3) is 4.38. The van der Waals surface area contributed by atoms with Gasteiger partial charge in [0.15, 0.2) is 0 Å². The molecular weight excluding hydrogens is 316 g/mol. The molecule has 1 fully saturated rings. The van der Waals surface area contributed by atoms with E-state index in [1.54, 1.807) is 18.2 Å². The topological polar surface area (TPSA) is 49.9 Å². The average Bonchev–Trinajstić information content (AvgIpc) is 2.52. The van der Waals surface area contributed by atoms with Gasteiger partial charge in [-0.2, -0.15) is 0 Å². The molecule has 0 radical (unpaired) electrons. The van der Waals surface area contributed by atoms with Crippen LogP contribution >= 0.6 is 11.6 Å². The summed E-state index contributed by atoms with van der Waals surface area (Å²) in [6.07, 6.45) is 2.03. The number of piperidine rings is 1. The summed E-state index contributed by atoms with van der Waals surface area (Å²) in [6.45, 7) is 5.20. The molecule has 1 aliphatic heterocycles. The molecule has 0 atom stereocenters. The van der Waals surface area contributed by atoms with E-state index in [0.29, 0.717) is 22.4 Å². The van der Waals surface area contributed by atoms with Crippen molar-refractivity contribution in [2.75, 3.05) is 31.6 Å². The minimum atomic E-state index is -0.190. The molecular formula is C17H23ClN2O3. The zero-order valence-corrected chi connectivity index (χ0v) is 14.6. The summed E-state index contributed by atoms with van der Waals surface area (Å²) in [7, 11) is 1.53. The first-order chi connectivity index (χ1) is 10.9. The van der Waals surface area contributed by atoms with Crippen LogP contribution in [0.3, 0.4) is 0 Å². The molecule has 0 saturated carbocycles. The second-order valence-corrected chi connectivity index (χ2v) is 6.39. The van der Waals surface area contributed by atoms with Crippen LogP contribution in [0.1, 0.15) is 26.7 Å². The number of methoxy groups -OCH3 is 1. The number of carbonyl (C=O) groups is 2. The molecule has 1 aromatic rings. The van der Waals surface area contributed by atoms with Gasteiger partial charge in [0.1, 0.15) is 12.3 Å². The second-order valence-electron chi connectivity index (χ2n) is 5.99. The molecule has 126 valence electrons. The van der Waals surface area contributed by atoms with E-state index in [2.05, 4.69) is 6.92 Å². The third-order valence-corrected chi connectivity index (χ3v) is 4.55. The number of likely N-dealkylation sites (tertiary alicyclic amines) is 1. The number of amides is 2. The molecule has 1 aliphatic rings. The van der Waals surface area contributed by atoms with Crippen LogP contribution in [0.15, 0.2) is 18.2 Å². The van der Waals surface area contributed by atoms with Crippen molar-refractivity contribution in [2.24, 2.45) is 5.92 Å². The monoisotopic (exact) mass is 338 g/mol. The van der Waals surface area contributed by atoms with E-state index in [-0.39, 0.29) is 18.4 Å². The van der Waals surface area contributed by atoms with E-state index in [9.17, 15) is 9.59 Å². The fraction of sp³-hybridized carbons (Fsp3) is 0.529. The highest BCUT2D eigenvalue weighted by atomic mass is 35.5. The van der Waals surface area contributed by atoms with Gasteiger partial charge in [0.2, 0.25) is 11.8 Å². The van der Waals surface area contributed by atoms with Crippen molar-refractivity contribution < 1.29 is 14.3 Å². The molecule has 1 aromatic carbocycles. The van der Waals surface area contributed by atoms with E-state index in [0.717, 1.165) is 25.9 Å². The number of halogens is 1. The molecule has 5 nitrogen and oxygen atoms in total. The van der Waals surface area contributed by atoms with Crippen molar-refractivity contribution in [3.63, 3.8) is 0 Å². The quantitative estimate of drug-likeness (QED) is 0.848. The molecule has 0 bridgehead atoms. The van der Waals surface area contributed by atoms with Gasteiger partial charge in [-0.1, -0.05) is 18.5 Å². The standard InChI is InChI=1S/C17H23ClN2O3/c1-12-6-8-19(9-7-12)17(22)11-20(13(2)21)14-4-5-16(23-3)15(18)10-14/h4-5,10,12H,6-9,11H2,1-3H3. The van der Waals surface area contributed by atoms with Gasteiger partial charge in [-0.25, -0.2) is 0 Å². The number of hydrogen-bond acceptors (Lipinski definition) is 3. The molecule has 2 amide bonds. The van der Waals surface area contributed by atoms with Crippen LogP contribution in [0.4, 0.5) is 5.69 Å². The average molecular weight is 339 g/mol. The second kappa shape index (κ2) is 7.68. The summed E-state index contributed by atoms with van der Waals surface area (Å²) in [5.74, 6) is 0.975. The zero-order valence-electron chi connectivity index (χ0n) is 13.8. The van der Waals surface area contributed by atoms with E-state index in [4.69, 9.17) is 16.3 Å². The lowest BCUT2D eigenvalue weighted by molar-refractivity contribution is -0.132. The summed E-state index contributed by atoms with van der Waals surface area (Å²) in [4.78, 5) is 27.7. The number of rotatable bonds is 4. The Labute approximate surface area is 142 Å². The first-order valence-corrected chi connectivity index (χ1v) is 8.19. The lowest BCUT2D eigenvalue weighted by atomic mass is 9.99. The number of nitrogens with zero attached hydrogens (tertiary/aromatic N) is 2. The Morgan fingerprint density at radius 2 is 2.00 bits per heavy atom. The minimum Gasteiger partial charge on any atom is -0.495 e. The predicted octanol–water partition coefficient (Wildman–Crippen LogP) is 2.96. The van der Waals surface area contributed by atoms with Crippen LogP contribution in [-0.4, -0.2) is 43.5 Å². The van der Waals surface area contributed by atoms with Crippen molar-refractivity contribution in [3.8, 4) is 5.75 Å². The highest BCUT2D eigenvalue weighted by Crippen LogP contribution is 2.29. The molecule has 1 heterocycles. The van der Waals surface area contributed by atoms with Gasteiger partial charge in [0, 0.05) is 25.7 Å². The molecule has 0 aromatic heterocycles. The van der Waals surface area contributed by atoms with Crippen molar-refractivity contribution in [1.82, 2.24) is 4.90 Å². The van der Waals surface area contributed by atoms with Gasteiger partial charge in [-0.05, 0) is 37.0 Å². The first kappa shape index (κ1) is 17.6. The van der Waals surface area contributed by atoms with Gasteiger partial charge in [-0.15, -0.1) is 0 Å². The molecule has 0 spiro atoms. The first-order valence-electron chi connectivity index (χ1n) is 7.81. The summed E-state index contributed by atoms with van der Waals surface area (Å²) < 4.78 is 5.12. The number of benzene rings is 1. The largest absolute Gasteiger partial charge is 0.495 e. The van der Waals surface area contributed by atoms with Crippen molar-refractivity contribution in [3.05, 3.63) is 23.2 Å². The summed E-state index contributed by atoms with van der Waals surface area (Å²) >= 11 is 6.12. The van der Waals surface area contributed by atoms with Gasteiger partial charge >= 0.3 is 0 Å². The number of ether oxygens (including phenoxy) is 1. The maximum Gasteiger partial charge on any atom is 0.242 e. The number of carbonyl (C=O) groups excluding carboxylic acids is 2.